The van der Waals surface area contributed by atoms with Gasteiger partial charge in [0.05, 0.1) is 11.5 Å². The van der Waals surface area contributed by atoms with Gasteiger partial charge in [0.15, 0.2) is 0 Å². The van der Waals surface area contributed by atoms with E-state index in [9.17, 15) is 23.5 Å². The number of carbonyl (C=O) groups excluding carboxylic acids is 2. The van der Waals surface area contributed by atoms with Crippen molar-refractivity contribution in [2.45, 2.75) is 37.8 Å². The molecule has 1 saturated heterocycles. The summed E-state index contributed by atoms with van der Waals surface area (Å²) in [6.45, 7) is 0.430. The molecular formula is C22H22F2N2O3. The van der Waals surface area contributed by atoms with Crippen molar-refractivity contribution in [1.29, 1.82) is 0 Å². The number of halogens is 2. The first-order chi connectivity index (χ1) is 13.9. The fourth-order valence-electron chi connectivity index (χ4n) is 4.60. The van der Waals surface area contributed by atoms with Crippen molar-refractivity contribution in [3.63, 3.8) is 0 Å². The van der Waals surface area contributed by atoms with E-state index in [1.54, 1.807) is 17.0 Å². The summed E-state index contributed by atoms with van der Waals surface area (Å²) in [5, 5.41) is 13.2. The Labute approximate surface area is 167 Å². The quantitative estimate of drug-likeness (QED) is 0.832. The van der Waals surface area contributed by atoms with Crippen LogP contribution < -0.4 is 10.2 Å². The van der Waals surface area contributed by atoms with Crippen LogP contribution in [0.4, 0.5) is 14.5 Å². The van der Waals surface area contributed by atoms with Gasteiger partial charge in [0.2, 0.25) is 5.91 Å². The Morgan fingerprint density at radius 2 is 1.83 bits per heavy atom. The molecule has 1 aliphatic carbocycles. The van der Waals surface area contributed by atoms with Crippen molar-refractivity contribution >= 4 is 17.5 Å². The first-order valence-corrected chi connectivity index (χ1v) is 9.68. The molecule has 1 saturated carbocycles. The highest BCUT2D eigenvalue weighted by Crippen LogP contribution is 2.46. The van der Waals surface area contributed by atoms with E-state index < -0.39 is 35.1 Å². The molecule has 2 fully saturated rings. The number of carbonyl (C=O) groups is 2. The largest absolute Gasteiger partial charge is 0.393 e. The van der Waals surface area contributed by atoms with Gasteiger partial charge in [-0.3, -0.25) is 9.59 Å². The Kier molecular flexibility index (Phi) is 5.08. The average Bonchev–Trinajstić information content (AvgIpc) is 2.96. The van der Waals surface area contributed by atoms with Crippen LogP contribution in [-0.4, -0.2) is 35.6 Å². The molecular weight excluding hydrogens is 378 g/mol. The molecule has 0 radical (unpaired) electrons. The molecule has 1 aliphatic heterocycles. The van der Waals surface area contributed by atoms with Crippen LogP contribution in [0.5, 0.6) is 0 Å². The molecule has 0 unspecified atom stereocenters. The summed E-state index contributed by atoms with van der Waals surface area (Å²) in [5.41, 5.74) is -0.116. The normalized spacial score (nSPS) is 26.7. The summed E-state index contributed by atoms with van der Waals surface area (Å²) in [6, 6.07) is 10.8. The van der Waals surface area contributed by atoms with Gasteiger partial charge in [-0.05, 0) is 62.1 Å². The minimum atomic E-state index is -0.802. The third-order valence-electron chi connectivity index (χ3n) is 5.87. The van der Waals surface area contributed by atoms with Gasteiger partial charge >= 0.3 is 0 Å². The van der Waals surface area contributed by atoms with Gasteiger partial charge < -0.3 is 15.3 Å². The van der Waals surface area contributed by atoms with E-state index in [0.29, 0.717) is 37.9 Å². The van der Waals surface area contributed by atoms with Gasteiger partial charge in [-0.25, -0.2) is 8.78 Å². The molecule has 0 aromatic heterocycles. The van der Waals surface area contributed by atoms with E-state index in [1.807, 2.05) is 0 Å². The molecule has 2 aromatic carbocycles. The van der Waals surface area contributed by atoms with Gasteiger partial charge in [0, 0.05) is 23.8 Å². The van der Waals surface area contributed by atoms with Gasteiger partial charge in [0.25, 0.3) is 5.91 Å². The minimum Gasteiger partial charge on any atom is -0.393 e. The van der Waals surface area contributed by atoms with Crippen molar-refractivity contribution < 1.29 is 23.5 Å². The van der Waals surface area contributed by atoms with Gasteiger partial charge in [-0.15, -0.1) is 0 Å². The minimum absolute atomic E-state index is 0.160. The van der Waals surface area contributed by atoms with E-state index in [2.05, 4.69) is 5.32 Å². The molecule has 5 nitrogen and oxygen atoms in total. The van der Waals surface area contributed by atoms with Crippen molar-refractivity contribution in [3.05, 3.63) is 65.7 Å². The molecule has 152 valence electrons. The summed E-state index contributed by atoms with van der Waals surface area (Å²) in [7, 11) is 0. The lowest BCUT2D eigenvalue weighted by atomic mass is 9.69. The van der Waals surface area contributed by atoms with Crippen LogP contribution in [0.25, 0.3) is 0 Å². The topological polar surface area (TPSA) is 69.6 Å². The van der Waals surface area contributed by atoms with Crippen LogP contribution in [0.3, 0.4) is 0 Å². The van der Waals surface area contributed by atoms with Crippen molar-refractivity contribution in [2.24, 2.45) is 5.41 Å². The van der Waals surface area contributed by atoms with Crippen LogP contribution in [0.15, 0.2) is 48.5 Å². The van der Waals surface area contributed by atoms with Crippen molar-refractivity contribution in [1.82, 2.24) is 5.32 Å². The molecule has 2 N–H and O–H groups in total. The fraction of sp³-hybridized carbons (Fsp3) is 0.364. The smallest absolute Gasteiger partial charge is 0.251 e. The maximum absolute atomic E-state index is 13.6. The molecule has 1 heterocycles. The van der Waals surface area contributed by atoms with Crippen molar-refractivity contribution in [2.75, 3.05) is 11.4 Å². The number of benzene rings is 2. The molecule has 1 spiro atoms. The number of aliphatic hydroxyl groups excluding tert-OH is 1. The fourth-order valence-corrected chi connectivity index (χ4v) is 4.60. The van der Waals surface area contributed by atoms with E-state index in [0.717, 1.165) is 6.07 Å². The Morgan fingerprint density at radius 1 is 1.10 bits per heavy atom. The monoisotopic (exact) mass is 400 g/mol. The highest BCUT2D eigenvalue weighted by Gasteiger charge is 2.51. The maximum Gasteiger partial charge on any atom is 0.251 e. The maximum atomic E-state index is 13.6. The van der Waals surface area contributed by atoms with Gasteiger partial charge in [-0.2, -0.15) is 0 Å². The molecule has 29 heavy (non-hydrogen) atoms. The van der Waals surface area contributed by atoms with E-state index in [1.165, 1.54) is 30.3 Å². The van der Waals surface area contributed by atoms with E-state index in [-0.39, 0.29) is 11.5 Å². The first kappa shape index (κ1) is 19.5. The predicted octanol–water partition coefficient (Wildman–Crippen LogP) is 3.03. The lowest BCUT2D eigenvalue weighted by Gasteiger charge is -2.39. The summed E-state index contributed by atoms with van der Waals surface area (Å²) < 4.78 is 27.0. The van der Waals surface area contributed by atoms with Crippen LogP contribution in [0, 0.1) is 17.0 Å². The predicted molar refractivity (Wildman–Crippen MR) is 103 cm³/mol. The summed E-state index contributed by atoms with van der Waals surface area (Å²) in [4.78, 5) is 27.2. The molecule has 2 aromatic rings. The number of aliphatic hydroxyl groups is 1. The van der Waals surface area contributed by atoms with Crippen LogP contribution in [-0.2, 0) is 4.79 Å². The number of amides is 2. The van der Waals surface area contributed by atoms with Crippen molar-refractivity contribution in [3.8, 4) is 0 Å². The number of rotatable bonds is 3. The van der Waals surface area contributed by atoms with Crippen LogP contribution >= 0.6 is 0 Å². The van der Waals surface area contributed by atoms with Crippen LogP contribution in [0.2, 0.25) is 0 Å². The molecule has 4 rings (SSSR count). The summed E-state index contributed by atoms with van der Waals surface area (Å²) >= 11 is 0. The number of anilines is 1. The Bertz CT molecular complexity index is 951. The second kappa shape index (κ2) is 7.55. The molecule has 3 atom stereocenters. The SMILES string of the molecule is O=C(N[C@@H]1C[C@@H](O)C[C@@]2(CCN(c3cccc(F)c3)C2=O)C1)c1cccc(F)c1. The Balaban J connectivity index is 1.51. The second-order valence-electron chi connectivity index (χ2n) is 7.95. The molecule has 2 amide bonds. The summed E-state index contributed by atoms with van der Waals surface area (Å²) in [5.74, 6) is -1.52. The van der Waals surface area contributed by atoms with E-state index >= 15 is 0 Å². The lowest BCUT2D eigenvalue weighted by Crippen LogP contribution is -2.49. The van der Waals surface area contributed by atoms with Gasteiger partial charge in [0.1, 0.15) is 11.6 Å². The Morgan fingerprint density at radius 3 is 2.55 bits per heavy atom. The number of nitrogens with one attached hydrogen (secondary N) is 1. The van der Waals surface area contributed by atoms with Gasteiger partial charge in [-0.1, -0.05) is 12.1 Å². The molecule has 0 bridgehead atoms. The molecule has 7 heteroatoms. The highest BCUT2D eigenvalue weighted by molar-refractivity contribution is 6.00. The number of nitrogens with zero attached hydrogens (tertiary/aromatic N) is 1. The van der Waals surface area contributed by atoms with Crippen LogP contribution in [0.1, 0.15) is 36.0 Å². The third kappa shape index (κ3) is 3.87. The highest BCUT2D eigenvalue weighted by atomic mass is 19.1. The Hall–Kier alpha value is -2.80. The zero-order valence-electron chi connectivity index (χ0n) is 15.8. The second-order valence-corrected chi connectivity index (χ2v) is 7.95. The average molecular weight is 400 g/mol. The van der Waals surface area contributed by atoms with E-state index in [4.69, 9.17) is 0 Å². The zero-order valence-corrected chi connectivity index (χ0v) is 15.8. The first-order valence-electron chi connectivity index (χ1n) is 9.68. The lowest BCUT2D eigenvalue weighted by molar-refractivity contribution is -0.130. The third-order valence-corrected chi connectivity index (χ3v) is 5.87. The molecule has 2 aliphatic rings. The zero-order chi connectivity index (χ0) is 20.6. The summed E-state index contributed by atoms with van der Waals surface area (Å²) in [6.07, 6.45) is 0.805. The number of hydrogen-bond acceptors (Lipinski definition) is 3. The number of hydrogen-bond donors (Lipinski definition) is 2. The standard InChI is InChI=1S/C22H22F2N2O3/c23-15-4-1-3-14(9-15)20(28)25-17-11-19(27)13-22(12-17)7-8-26(21(22)29)18-6-2-5-16(24)10-18/h1-6,9-10,17,19,27H,7-8,11-13H2,(H,25,28)/t17-,19-,22-/m1/s1.